The van der Waals surface area contributed by atoms with Crippen molar-refractivity contribution in [3.63, 3.8) is 0 Å². The first kappa shape index (κ1) is 19.2. The van der Waals surface area contributed by atoms with Gasteiger partial charge in [-0.25, -0.2) is 4.98 Å². The lowest BCUT2D eigenvalue weighted by Crippen LogP contribution is -2.12. The number of benzene rings is 2. The molecule has 0 unspecified atom stereocenters. The monoisotopic (exact) mass is 436 g/mol. The second kappa shape index (κ2) is 7.96. The quantitative estimate of drug-likeness (QED) is 0.492. The molecule has 0 radical (unpaired) electrons. The highest BCUT2D eigenvalue weighted by molar-refractivity contribution is 9.10. The van der Waals surface area contributed by atoms with Crippen LogP contribution in [0.15, 0.2) is 59.2 Å². The van der Waals surface area contributed by atoms with Crippen molar-refractivity contribution < 1.29 is 13.2 Å². The lowest BCUT2D eigenvalue weighted by molar-refractivity contribution is -0.137. The van der Waals surface area contributed by atoms with Crippen molar-refractivity contribution >= 4 is 39.1 Å². The van der Waals surface area contributed by atoms with Crippen molar-refractivity contribution in [3.05, 3.63) is 70.3 Å². The van der Waals surface area contributed by atoms with Gasteiger partial charge in [0.25, 0.3) is 0 Å². The number of aromatic nitrogens is 2. The Hall–Kier alpha value is -2.61. The maximum atomic E-state index is 13.3. The molecule has 4 nitrogen and oxygen atoms in total. The number of nitrogens with zero attached hydrogens (tertiary/aromatic N) is 2. The minimum Gasteiger partial charge on any atom is -0.340 e. The molecule has 0 atom stereocenters. The zero-order chi connectivity index (χ0) is 19.4. The van der Waals surface area contributed by atoms with Gasteiger partial charge in [-0.1, -0.05) is 35.0 Å². The molecule has 2 N–H and O–H groups in total. The minimum atomic E-state index is -4.57. The summed E-state index contributed by atoms with van der Waals surface area (Å²) in [6.07, 6.45) is -2.94. The van der Waals surface area contributed by atoms with Crippen molar-refractivity contribution in [1.29, 1.82) is 0 Å². The van der Waals surface area contributed by atoms with Crippen LogP contribution < -0.4 is 10.6 Å². The standard InChI is InChI=1S/C19H16BrF3N4/c1-2-12-3-7-14(8-4-12)25-17-16(19(21,22)23)11-24-18(27-17)26-15-9-5-13(20)6-10-15/h3-11H,2H2,1H3,(H2,24,25,26,27). The van der Waals surface area contributed by atoms with Gasteiger partial charge in [-0.2, -0.15) is 18.2 Å². The fourth-order valence-electron chi connectivity index (χ4n) is 2.37. The third kappa shape index (κ3) is 4.97. The Labute approximate surface area is 163 Å². The van der Waals surface area contributed by atoms with Crippen molar-refractivity contribution in [3.8, 4) is 0 Å². The Morgan fingerprint density at radius 1 is 0.926 bits per heavy atom. The fraction of sp³-hybridized carbons (Fsp3) is 0.158. The summed E-state index contributed by atoms with van der Waals surface area (Å²) in [5, 5.41) is 5.65. The van der Waals surface area contributed by atoms with Crippen molar-refractivity contribution in [2.75, 3.05) is 10.6 Å². The SMILES string of the molecule is CCc1ccc(Nc2nc(Nc3ccc(Br)cc3)ncc2C(F)(F)F)cc1. The van der Waals surface area contributed by atoms with Crippen molar-refractivity contribution in [1.82, 2.24) is 9.97 Å². The highest BCUT2D eigenvalue weighted by atomic mass is 79.9. The van der Waals surface area contributed by atoms with E-state index in [1.54, 1.807) is 36.4 Å². The zero-order valence-corrected chi connectivity index (χ0v) is 15.9. The van der Waals surface area contributed by atoms with Gasteiger partial charge in [0.2, 0.25) is 5.95 Å². The zero-order valence-electron chi connectivity index (χ0n) is 14.3. The smallest absolute Gasteiger partial charge is 0.340 e. The summed E-state index contributed by atoms with van der Waals surface area (Å²) in [7, 11) is 0. The first-order valence-electron chi connectivity index (χ1n) is 8.18. The summed E-state index contributed by atoms with van der Waals surface area (Å²) in [5.41, 5.74) is 1.35. The molecule has 0 aliphatic rings. The number of aryl methyl sites for hydroxylation is 1. The second-order valence-corrected chi connectivity index (χ2v) is 6.68. The predicted molar refractivity (Wildman–Crippen MR) is 104 cm³/mol. The molecular formula is C19H16BrF3N4. The van der Waals surface area contributed by atoms with Crippen LogP contribution in [0.25, 0.3) is 0 Å². The van der Waals surface area contributed by atoms with E-state index in [0.29, 0.717) is 11.4 Å². The molecule has 1 heterocycles. The van der Waals surface area contributed by atoms with Gasteiger partial charge in [-0.05, 0) is 48.4 Å². The van der Waals surface area contributed by atoms with Crippen molar-refractivity contribution in [2.45, 2.75) is 19.5 Å². The number of hydrogen-bond donors (Lipinski definition) is 2. The molecule has 0 spiro atoms. The molecule has 2 aromatic carbocycles. The number of anilines is 4. The van der Waals surface area contributed by atoms with E-state index in [1.165, 1.54) is 0 Å². The van der Waals surface area contributed by atoms with Gasteiger partial charge in [0.1, 0.15) is 11.4 Å². The largest absolute Gasteiger partial charge is 0.421 e. The summed E-state index contributed by atoms with van der Waals surface area (Å²) >= 11 is 3.33. The lowest BCUT2D eigenvalue weighted by atomic mass is 10.1. The Bertz CT molecular complexity index is 910. The van der Waals surface area contributed by atoms with Gasteiger partial charge in [0.15, 0.2) is 0 Å². The van der Waals surface area contributed by atoms with Crippen molar-refractivity contribution in [2.24, 2.45) is 0 Å². The third-order valence-corrected chi connectivity index (χ3v) is 4.35. The molecule has 0 amide bonds. The molecule has 3 rings (SSSR count). The molecular weight excluding hydrogens is 421 g/mol. The Morgan fingerprint density at radius 2 is 1.52 bits per heavy atom. The van der Waals surface area contributed by atoms with Crippen LogP contribution in [0.1, 0.15) is 18.1 Å². The molecule has 8 heteroatoms. The van der Waals surface area contributed by atoms with E-state index >= 15 is 0 Å². The molecule has 0 bridgehead atoms. The van der Waals surface area contributed by atoms with Gasteiger partial charge in [0.05, 0.1) is 0 Å². The Kier molecular flexibility index (Phi) is 5.65. The third-order valence-electron chi connectivity index (χ3n) is 3.82. The number of rotatable bonds is 5. The van der Waals surface area contributed by atoms with Gasteiger partial charge in [0, 0.05) is 22.0 Å². The van der Waals surface area contributed by atoms with E-state index in [-0.39, 0.29) is 11.8 Å². The van der Waals surface area contributed by atoms with E-state index in [1.807, 2.05) is 19.1 Å². The molecule has 3 aromatic rings. The predicted octanol–water partition coefficient (Wildman–Crippen LogP) is 6.31. The van der Waals surface area contributed by atoms with Gasteiger partial charge < -0.3 is 10.6 Å². The first-order valence-corrected chi connectivity index (χ1v) is 8.97. The molecule has 140 valence electrons. The summed E-state index contributed by atoms with van der Waals surface area (Å²) in [6, 6.07) is 14.3. The van der Waals surface area contributed by atoms with Crippen LogP contribution in [0.4, 0.5) is 36.3 Å². The first-order chi connectivity index (χ1) is 12.8. The number of alkyl halides is 3. The van der Waals surface area contributed by atoms with E-state index in [4.69, 9.17) is 0 Å². The van der Waals surface area contributed by atoms with Crippen LogP contribution in [-0.4, -0.2) is 9.97 Å². The van der Waals surface area contributed by atoms with Crippen LogP contribution in [0.2, 0.25) is 0 Å². The summed E-state index contributed by atoms with van der Waals surface area (Å²) in [5.74, 6) is -0.237. The number of hydrogen-bond acceptors (Lipinski definition) is 4. The Balaban J connectivity index is 1.91. The lowest BCUT2D eigenvalue weighted by Gasteiger charge is -2.15. The molecule has 1 aromatic heterocycles. The molecule has 0 aliphatic heterocycles. The molecule has 0 aliphatic carbocycles. The van der Waals surface area contributed by atoms with Gasteiger partial charge in [-0.15, -0.1) is 0 Å². The van der Waals surface area contributed by atoms with Crippen LogP contribution >= 0.6 is 15.9 Å². The molecule has 0 fully saturated rings. The summed E-state index contributed by atoms with van der Waals surface area (Å²) < 4.78 is 40.9. The average molecular weight is 437 g/mol. The fourth-order valence-corrected chi connectivity index (χ4v) is 2.63. The van der Waals surface area contributed by atoms with Crippen LogP contribution in [0, 0.1) is 0 Å². The second-order valence-electron chi connectivity index (χ2n) is 5.76. The summed E-state index contributed by atoms with van der Waals surface area (Å²) in [6.45, 7) is 2.01. The average Bonchev–Trinajstić information content (AvgIpc) is 2.63. The van der Waals surface area contributed by atoms with Gasteiger partial charge in [-0.3, -0.25) is 0 Å². The topological polar surface area (TPSA) is 49.8 Å². The summed E-state index contributed by atoms with van der Waals surface area (Å²) in [4.78, 5) is 7.83. The van der Waals surface area contributed by atoms with E-state index in [9.17, 15) is 13.2 Å². The highest BCUT2D eigenvalue weighted by Crippen LogP contribution is 2.35. The van der Waals surface area contributed by atoms with Crippen LogP contribution in [0.5, 0.6) is 0 Å². The number of halogens is 4. The molecule has 0 saturated heterocycles. The van der Waals surface area contributed by atoms with Gasteiger partial charge >= 0.3 is 6.18 Å². The minimum absolute atomic E-state index is 0.0676. The number of nitrogens with one attached hydrogen (secondary N) is 2. The highest BCUT2D eigenvalue weighted by Gasteiger charge is 2.35. The maximum Gasteiger partial charge on any atom is 0.421 e. The van der Waals surface area contributed by atoms with E-state index in [0.717, 1.165) is 22.7 Å². The van der Waals surface area contributed by atoms with E-state index < -0.39 is 11.7 Å². The van der Waals surface area contributed by atoms with E-state index in [2.05, 4.69) is 36.5 Å². The van der Waals surface area contributed by atoms with Crippen LogP contribution in [-0.2, 0) is 12.6 Å². The Morgan fingerprint density at radius 3 is 2.11 bits per heavy atom. The van der Waals surface area contributed by atoms with Crippen LogP contribution in [0.3, 0.4) is 0 Å². The normalized spacial score (nSPS) is 11.3. The molecule has 0 saturated carbocycles. The maximum absolute atomic E-state index is 13.3. The molecule has 27 heavy (non-hydrogen) atoms.